The first-order chi connectivity index (χ1) is 13.5. The highest BCUT2D eigenvalue weighted by molar-refractivity contribution is 7.92. The van der Waals surface area contributed by atoms with Crippen LogP contribution in [0.2, 0.25) is 5.02 Å². The number of halogens is 1. The van der Waals surface area contributed by atoms with Crippen LogP contribution in [0.5, 0.6) is 0 Å². The van der Waals surface area contributed by atoms with Crippen LogP contribution in [0, 0.1) is 0 Å². The molecule has 0 aromatic heterocycles. The monoisotopic (exact) mass is 412 g/mol. The van der Waals surface area contributed by atoms with Gasteiger partial charge in [0.25, 0.3) is 15.9 Å². The van der Waals surface area contributed by atoms with Gasteiger partial charge in [-0.2, -0.15) is 0 Å². The number of rotatable bonds is 4. The number of nitrogens with one attached hydrogen (secondary N) is 1. The molecule has 7 heteroatoms. The average Bonchev–Trinajstić information content (AvgIpc) is 3.13. The van der Waals surface area contributed by atoms with Crippen molar-refractivity contribution in [3.8, 4) is 0 Å². The second-order valence-corrected chi connectivity index (χ2v) is 8.54. The van der Waals surface area contributed by atoms with E-state index in [1.165, 1.54) is 12.1 Å². The zero-order chi connectivity index (χ0) is 19.7. The molecule has 1 aliphatic rings. The van der Waals surface area contributed by atoms with Crippen molar-refractivity contribution in [2.45, 2.75) is 11.3 Å². The lowest BCUT2D eigenvalue weighted by Crippen LogP contribution is -2.29. The first-order valence-electron chi connectivity index (χ1n) is 8.73. The predicted octanol–water partition coefficient (Wildman–Crippen LogP) is 4.34. The fraction of sp³-hybridized carbons (Fsp3) is 0.0952. The van der Waals surface area contributed by atoms with Gasteiger partial charge in [-0.05, 0) is 48.4 Å². The van der Waals surface area contributed by atoms with E-state index < -0.39 is 10.0 Å². The normalized spacial score (nSPS) is 13.2. The first-order valence-corrected chi connectivity index (χ1v) is 10.6. The summed E-state index contributed by atoms with van der Waals surface area (Å²) >= 11 is 6.05. The molecule has 0 fully saturated rings. The number of fused-ring (bicyclic) bond motifs is 1. The van der Waals surface area contributed by atoms with E-state index in [-0.39, 0.29) is 16.5 Å². The molecule has 1 amide bonds. The van der Waals surface area contributed by atoms with E-state index in [9.17, 15) is 13.2 Å². The molecule has 0 spiro atoms. The van der Waals surface area contributed by atoms with Crippen LogP contribution in [0.3, 0.4) is 0 Å². The molecule has 1 N–H and O–H groups in total. The van der Waals surface area contributed by atoms with Gasteiger partial charge in [-0.15, -0.1) is 0 Å². The van der Waals surface area contributed by atoms with Gasteiger partial charge < -0.3 is 4.90 Å². The van der Waals surface area contributed by atoms with Gasteiger partial charge in [0.1, 0.15) is 0 Å². The number of para-hydroxylation sites is 2. The molecule has 5 nitrogen and oxygen atoms in total. The maximum absolute atomic E-state index is 13.0. The van der Waals surface area contributed by atoms with Crippen molar-refractivity contribution < 1.29 is 13.2 Å². The Morgan fingerprint density at radius 3 is 2.54 bits per heavy atom. The van der Waals surface area contributed by atoms with Crippen molar-refractivity contribution >= 4 is 38.9 Å². The Bertz CT molecular complexity index is 1160. The summed E-state index contributed by atoms with van der Waals surface area (Å²) in [5, 5.41) is 0.298. The number of nitrogens with zero attached hydrogens (tertiary/aromatic N) is 1. The minimum Gasteiger partial charge on any atom is -0.308 e. The highest BCUT2D eigenvalue weighted by Crippen LogP contribution is 2.29. The van der Waals surface area contributed by atoms with Crippen molar-refractivity contribution in [3.63, 3.8) is 0 Å². The molecule has 1 aliphatic heterocycles. The topological polar surface area (TPSA) is 66.5 Å². The van der Waals surface area contributed by atoms with Crippen LogP contribution in [0.25, 0.3) is 0 Å². The summed E-state index contributed by atoms with van der Waals surface area (Å²) in [5.41, 5.74) is 2.59. The van der Waals surface area contributed by atoms with Crippen LogP contribution in [-0.2, 0) is 16.4 Å². The molecular formula is C21H17ClN2O3S. The molecule has 0 saturated carbocycles. The van der Waals surface area contributed by atoms with Gasteiger partial charge in [-0.25, -0.2) is 8.42 Å². The SMILES string of the molecule is O=C(c1cccc(S(=O)(=O)Nc2ccccc2Cl)c1)N1CCc2ccccc21. The predicted molar refractivity (Wildman–Crippen MR) is 111 cm³/mol. The molecule has 142 valence electrons. The second kappa shape index (κ2) is 7.30. The molecule has 0 saturated heterocycles. The molecule has 0 unspecified atom stereocenters. The number of hydrogen-bond donors (Lipinski definition) is 1. The molecule has 4 rings (SSSR count). The van der Waals surface area contributed by atoms with Crippen LogP contribution in [0.15, 0.2) is 77.7 Å². The largest absolute Gasteiger partial charge is 0.308 e. The van der Waals surface area contributed by atoms with Crippen LogP contribution in [0.4, 0.5) is 11.4 Å². The Hall–Kier alpha value is -2.83. The quantitative estimate of drug-likeness (QED) is 0.693. The Morgan fingerprint density at radius 2 is 1.71 bits per heavy atom. The van der Waals surface area contributed by atoms with E-state index in [4.69, 9.17) is 11.6 Å². The Balaban J connectivity index is 1.63. The summed E-state index contributed by atoms with van der Waals surface area (Å²) < 4.78 is 28.0. The summed E-state index contributed by atoms with van der Waals surface area (Å²) in [7, 11) is -3.88. The minimum atomic E-state index is -3.88. The fourth-order valence-electron chi connectivity index (χ4n) is 3.25. The molecule has 28 heavy (non-hydrogen) atoms. The molecule has 0 atom stereocenters. The lowest BCUT2D eigenvalue weighted by atomic mass is 10.1. The van der Waals surface area contributed by atoms with Gasteiger partial charge in [0.2, 0.25) is 0 Å². The minimum absolute atomic E-state index is 0.00533. The lowest BCUT2D eigenvalue weighted by Gasteiger charge is -2.18. The third-order valence-electron chi connectivity index (χ3n) is 4.64. The number of amides is 1. The van der Waals surface area contributed by atoms with Gasteiger partial charge in [-0.3, -0.25) is 9.52 Å². The molecule has 0 radical (unpaired) electrons. The molecule has 0 bridgehead atoms. The van der Waals surface area contributed by atoms with E-state index in [1.54, 1.807) is 41.3 Å². The third-order valence-corrected chi connectivity index (χ3v) is 6.33. The van der Waals surface area contributed by atoms with Crippen molar-refractivity contribution in [1.29, 1.82) is 0 Å². The van der Waals surface area contributed by atoms with E-state index in [1.807, 2.05) is 24.3 Å². The highest BCUT2D eigenvalue weighted by atomic mass is 35.5. The van der Waals surface area contributed by atoms with E-state index in [2.05, 4.69) is 4.72 Å². The summed E-state index contributed by atoms with van der Waals surface area (Å²) in [6.07, 6.45) is 0.786. The van der Waals surface area contributed by atoms with Crippen molar-refractivity contribution in [3.05, 3.63) is 88.9 Å². The van der Waals surface area contributed by atoms with Gasteiger partial charge in [0.15, 0.2) is 0 Å². The average molecular weight is 413 g/mol. The lowest BCUT2D eigenvalue weighted by molar-refractivity contribution is 0.0989. The van der Waals surface area contributed by atoms with E-state index in [0.29, 0.717) is 17.1 Å². The Labute approximate surface area is 168 Å². The number of carbonyl (C=O) groups excluding carboxylic acids is 1. The summed E-state index contributed by atoms with van der Waals surface area (Å²) in [4.78, 5) is 14.7. The maximum Gasteiger partial charge on any atom is 0.261 e. The summed E-state index contributed by atoms with van der Waals surface area (Å²) in [5.74, 6) is -0.222. The molecule has 0 aliphatic carbocycles. The Morgan fingerprint density at radius 1 is 0.964 bits per heavy atom. The van der Waals surface area contributed by atoms with Crippen LogP contribution in [-0.4, -0.2) is 20.9 Å². The van der Waals surface area contributed by atoms with E-state index in [0.717, 1.165) is 17.7 Å². The van der Waals surface area contributed by atoms with Crippen molar-refractivity contribution in [2.75, 3.05) is 16.2 Å². The van der Waals surface area contributed by atoms with Crippen LogP contribution < -0.4 is 9.62 Å². The highest BCUT2D eigenvalue weighted by Gasteiger charge is 2.26. The molecular weight excluding hydrogens is 396 g/mol. The fourth-order valence-corrected chi connectivity index (χ4v) is 4.61. The second-order valence-electron chi connectivity index (χ2n) is 6.45. The van der Waals surface area contributed by atoms with Crippen LogP contribution in [0.1, 0.15) is 15.9 Å². The molecule has 3 aromatic carbocycles. The summed E-state index contributed by atoms with van der Waals surface area (Å²) in [6.45, 7) is 0.576. The van der Waals surface area contributed by atoms with Gasteiger partial charge in [0, 0.05) is 17.8 Å². The maximum atomic E-state index is 13.0. The smallest absolute Gasteiger partial charge is 0.261 e. The number of anilines is 2. The van der Waals surface area contributed by atoms with Crippen molar-refractivity contribution in [2.24, 2.45) is 0 Å². The standard InChI is InChI=1S/C21H17ClN2O3S/c22-18-9-2-3-10-19(18)23-28(26,27)17-8-5-7-16(14-17)21(25)24-13-12-15-6-1-4-11-20(15)24/h1-11,14,23H,12-13H2. The zero-order valence-corrected chi connectivity index (χ0v) is 16.4. The Kier molecular flexibility index (Phi) is 4.83. The number of benzene rings is 3. The number of carbonyl (C=O) groups is 1. The molecule has 3 aromatic rings. The van der Waals surface area contributed by atoms with Crippen molar-refractivity contribution in [1.82, 2.24) is 0 Å². The van der Waals surface area contributed by atoms with Gasteiger partial charge in [-0.1, -0.05) is 48.0 Å². The first kappa shape index (κ1) is 18.5. The molecule has 1 heterocycles. The van der Waals surface area contributed by atoms with Crippen LogP contribution >= 0.6 is 11.6 Å². The van der Waals surface area contributed by atoms with E-state index >= 15 is 0 Å². The number of sulfonamides is 1. The van der Waals surface area contributed by atoms with Gasteiger partial charge in [0.05, 0.1) is 15.6 Å². The zero-order valence-electron chi connectivity index (χ0n) is 14.8. The summed E-state index contributed by atoms with van der Waals surface area (Å²) in [6, 6.07) is 20.3. The number of hydrogen-bond acceptors (Lipinski definition) is 3. The van der Waals surface area contributed by atoms with Gasteiger partial charge >= 0.3 is 0 Å². The third kappa shape index (κ3) is 3.48.